The molecule has 0 aromatic heterocycles. The normalized spacial score (nSPS) is 16.2. The number of ether oxygens (including phenoxy) is 1. The van der Waals surface area contributed by atoms with E-state index in [0.29, 0.717) is 12.8 Å². The second kappa shape index (κ2) is 5.38. The number of alkyl halides is 3. The summed E-state index contributed by atoms with van der Waals surface area (Å²) in [5, 5.41) is 2.37. The standard InChI is InChI=1S/C14H14F3NO3/c1-2-21-12(20)13(7-8-13)18-11(19)9-5-3-4-6-10(9)14(15,16)17/h3-6H,2,7-8H2,1H3,(H,18,19). The van der Waals surface area contributed by atoms with E-state index in [9.17, 15) is 22.8 Å². The number of esters is 1. The number of amides is 1. The minimum absolute atomic E-state index is 0.148. The molecule has 0 heterocycles. The summed E-state index contributed by atoms with van der Waals surface area (Å²) in [4.78, 5) is 23.8. The molecule has 21 heavy (non-hydrogen) atoms. The summed E-state index contributed by atoms with van der Waals surface area (Å²) in [6, 6.07) is 4.46. The van der Waals surface area contributed by atoms with Gasteiger partial charge in [0.15, 0.2) is 0 Å². The summed E-state index contributed by atoms with van der Waals surface area (Å²) >= 11 is 0. The average molecular weight is 301 g/mol. The monoisotopic (exact) mass is 301 g/mol. The molecule has 0 unspecified atom stereocenters. The summed E-state index contributed by atoms with van der Waals surface area (Å²) in [7, 11) is 0. The summed E-state index contributed by atoms with van der Waals surface area (Å²) in [5.41, 5.74) is -2.70. The van der Waals surface area contributed by atoms with Crippen LogP contribution in [0.3, 0.4) is 0 Å². The third-order valence-corrected chi connectivity index (χ3v) is 3.25. The lowest BCUT2D eigenvalue weighted by molar-refractivity contribution is -0.146. The largest absolute Gasteiger partial charge is 0.464 e. The van der Waals surface area contributed by atoms with E-state index >= 15 is 0 Å². The van der Waals surface area contributed by atoms with E-state index in [4.69, 9.17) is 4.74 Å². The zero-order valence-corrected chi connectivity index (χ0v) is 11.3. The Kier molecular flexibility index (Phi) is 3.93. The molecule has 1 saturated carbocycles. The van der Waals surface area contributed by atoms with Crippen molar-refractivity contribution in [3.63, 3.8) is 0 Å². The van der Waals surface area contributed by atoms with Gasteiger partial charge in [-0.15, -0.1) is 0 Å². The van der Waals surface area contributed by atoms with Crippen LogP contribution in [-0.2, 0) is 15.7 Å². The Labute approximate surface area is 119 Å². The van der Waals surface area contributed by atoms with Crippen LogP contribution in [0.1, 0.15) is 35.7 Å². The number of carbonyl (C=O) groups is 2. The van der Waals surface area contributed by atoms with Crippen LogP contribution < -0.4 is 5.32 Å². The molecule has 2 rings (SSSR count). The van der Waals surface area contributed by atoms with Crippen molar-refractivity contribution in [2.75, 3.05) is 6.61 Å². The van der Waals surface area contributed by atoms with Crippen molar-refractivity contribution in [3.8, 4) is 0 Å². The molecule has 0 aliphatic heterocycles. The smallest absolute Gasteiger partial charge is 0.417 e. The van der Waals surface area contributed by atoms with Gasteiger partial charge in [0, 0.05) is 0 Å². The molecule has 1 aromatic carbocycles. The number of benzene rings is 1. The second-order valence-corrected chi connectivity index (χ2v) is 4.80. The highest BCUT2D eigenvalue weighted by molar-refractivity contribution is 6.00. The van der Waals surface area contributed by atoms with E-state index in [1.54, 1.807) is 6.92 Å². The highest BCUT2D eigenvalue weighted by Gasteiger charge is 2.53. The first-order valence-corrected chi connectivity index (χ1v) is 6.46. The zero-order chi connectivity index (χ0) is 15.7. The van der Waals surface area contributed by atoms with Gasteiger partial charge in [-0.3, -0.25) is 4.79 Å². The first-order valence-electron chi connectivity index (χ1n) is 6.46. The van der Waals surface area contributed by atoms with Crippen LogP contribution in [0.25, 0.3) is 0 Å². The molecule has 1 aliphatic rings. The molecule has 1 aromatic rings. The number of hydrogen-bond acceptors (Lipinski definition) is 3. The van der Waals surface area contributed by atoms with Gasteiger partial charge in [-0.05, 0) is 31.9 Å². The van der Waals surface area contributed by atoms with E-state index in [2.05, 4.69) is 5.32 Å². The van der Waals surface area contributed by atoms with Gasteiger partial charge < -0.3 is 10.1 Å². The van der Waals surface area contributed by atoms with Crippen LogP contribution in [-0.4, -0.2) is 24.0 Å². The maximum absolute atomic E-state index is 12.9. The van der Waals surface area contributed by atoms with Gasteiger partial charge in [0.05, 0.1) is 17.7 Å². The predicted molar refractivity (Wildman–Crippen MR) is 67.5 cm³/mol. The minimum Gasteiger partial charge on any atom is -0.464 e. The topological polar surface area (TPSA) is 55.4 Å². The van der Waals surface area contributed by atoms with Gasteiger partial charge in [0.1, 0.15) is 5.54 Å². The van der Waals surface area contributed by atoms with Crippen LogP contribution in [0.2, 0.25) is 0 Å². The van der Waals surface area contributed by atoms with E-state index in [1.165, 1.54) is 12.1 Å². The van der Waals surface area contributed by atoms with Crippen LogP contribution >= 0.6 is 0 Å². The van der Waals surface area contributed by atoms with Gasteiger partial charge in [0.2, 0.25) is 0 Å². The third-order valence-electron chi connectivity index (χ3n) is 3.25. The number of halogens is 3. The Morgan fingerprint density at radius 3 is 2.43 bits per heavy atom. The highest BCUT2D eigenvalue weighted by atomic mass is 19.4. The van der Waals surface area contributed by atoms with Crippen LogP contribution in [0, 0.1) is 0 Å². The molecule has 0 spiro atoms. The van der Waals surface area contributed by atoms with Crippen molar-refractivity contribution in [3.05, 3.63) is 35.4 Å². The molecule has 4 nitrogen and oxygen atoms in total. The van der Waals surface area contributed by atoms with Gasteiger partial charge in [0.25, 0.3) is 5.91 Å². The van der Waals surface area contributed by atoms with E-state index in [-0.39, 0.29) is 6.61 Å². The lowest BCUT2D eigenvalue weighted by Gasteiger charge is -2.18. The molecule has 1 amide bonds. The molecule has 0 radical (unpaired) electrons. The van der Waals surface area contributed by atoms with Gasteiger partial charge in [-0.2, -0.15) is 13.2 Å². The number of hydrogen-bond donors (Lipinski definition) is 1. The number of carbonyl (C=O) groups excluding carboxylic acids is 2. The molecule has 0 atom stereocenters. The Morgan fingerprint density at radius 2 is 1.90 bits per heavy atom. The second-order valence-electron chi connectivity index (χ2n) is 4.80. The van der Waals surface area contributed by atoms with Crippen molar-refractivity contribution < 1.29 is 27.5 Å². The van der Waals surface area contributed by atoms with Gasteiger partial charge >= 0.3 is 12.1 Å². The number of rotatable bonds is 4. The fourth-order valence-electron chi connectivity index (χ4n) is 1.99. The van der Waals surface area contributed by atoms with Crippen molar-refractivity contribution in [1.82, 2.24) is 5.32 Å². The predicted octanol–water partition coefficient (Wildman–Crippen LogP) is 2.53. The van der Waals surface area contributed by atoms with E-state index < -0.39 is 34.7 Å². The van der Waals surface area contributed by atoms with Gasteiger partial charge in [-0.25, -0.2) is 4.79 Å². The Morgan fingerprint density at radius 1 is 1.29 bits per heavy atom. The lowest BCUT2D eigenvalue weighted by atomic mass is 10.1. The first-order chi connectivity index (χ1) is 9.80. The first kappa shape index (κ1) is 15.3. The molecule has 0 bridgehead atoms. The molecule has 0 saturated heterocycles. The average Bonchev–Trinajstić information content (AvgIpc) is 3.19. The molecule has 1 aliphatic carbocycles. The number of nitrogens with one attached hydrogen (secondary N) is 1. The summed E-state index contributed by atoms with van der Waals surface area (Å²) < 4.78 is 43.4. The van der Waals surface area contributed by atoms with Crippen LogP contribution in [0.15, 0.2) is 24.3 Å². The SMILES string of the molecule is CCOC(=O)C1(NC(=O)c2ccccc2C(F)(F)F)CC1. The third kappa shape index (κ3) is 3.17. The van der Waals surface area contributed by atoms with Gasteiger partial charge in [-0.1, -0.05) is 12.1 Å². The summed E-state index contributed by atoms with van der Waals surface area (Å²) in [5.74, 6) is -1.53. The zero-order valence-electron chi connectivity index (χ0n) is 11.3. The Hall–Kier alpha value is -2.05. The lowest BCUT2D eigenvalue weighted by Crippen LogP contribution is -2.44. The fraction of sp³-hybridized carbons (Fsp3) is 0.429. The highest BCUT2D eigenvalue weighted by Crippen LogP contribution is 2.38. The Bertz CT molecular complexity index is 565. The maximum Gasteiger partial charge on any atom is 0.417 e. The molecule has 1 fully saturated rings. The quantitative estimate of drug-likeness (QED) is 0.870. The van der Waals surface area contributed by atoms with Crippen molar-refractivity contribution in [2.45, 2.75) is 31.5 Å². The van der Waals surface area contributed by atoms with Crippen LogP contribution in [0.5, 0.6) is 0 Å². The molecule has 114 valence electrons. The van der Waals surface area contributed by atoms with Crippen molar-refractivity contribution in [1.29, 1.82) is 0 Å². The minimum atomic E-state index is -4.63. The molecule has 1 N–H and O–H groups in total. The summed E-state index contributed by atoms with van der Waals surface area (Å²) in [6.45, 7) is 1.77. The maximum atomic E-state index is 12.9. The molecular weight excluding hydrogens is 287 g/mol. The van der Waals surface area contributed by atoms with Crippen LogP contribution in [0.4, 0.5) is 13.2 Å². The van der Waals surface area contributed by atoms with Crippen molar-refractivity contribution >= 4 is 11.9 Å². The fourth-order valence-corrected chi connectivity index (χ4v) is 1.99. The molecular formula is C14H14F3NO3. The van der Waals surface area contributed by atoms with E-state index in [1.807, 2.05) is 0 Å². The van der Waals surface area contributed by atoms with E-state index in [0.717, 1.165) is 12.1 Å². The molecule has 7 heteroatoms. The summed E-state index contributed by atoms with van der Waals surface area (Å²) in [6.07, 6.45) is -3.90. The Balaban J connectivity index is 2.21. The van der Waals surface area contributed by atoms with Crippen molar-refractivity contribution in [2.24, 2.45) is 0 Å².